The van der Waals surface area contributed by atoms with E-state index in [0.29, 0.717) is 17.8 Å². The van der Waals surface area contributed by atoms with E-state index in [1.165, 1.54) is 6.92 Å². The maximum absolute atomic E-state index is 14.6. The van der Waals surface area contributed by atoms with Gasteiger partial charge >= 0.3 is 12.2 Å². The average molecular weight is 433 g/mol. The molecule has 0 saturated heterocycles. The van der Waals surface area contributed by atoms with Crippen LogP contribution in [-0.4, -0.2) is 22.1 Å². The van der Waals surface area contributed by atoms with Crippen molar-refractivity contribution in [2.75, 3.05) is 5.32 Å². The SMILES string of the molecule is CC1=C(C(=O)Nc2ccc3[nH]ncc3c2)C(c2ccc(C(F)(F)F)cc2F)NC(=O)N1. The molecule has 2 aromatic carbocycles. The van der Waals surface area contributed by atoms with Gasteiger partial charge < -0.3 is 16.0 Å². The van der Waals surface area contributed by atoms with E-state index < -0.39 is 35.5 Å². The number of hydrogen-bond donors (Lipinski definition) is 4. The Balaban J connectivity index is 1.69. The Morgan fingerprint density at radius 3 is 2.65 bits per heavy atom. The van der Waals surface area contributed by atoms with E-state index >= 15 is 0 Å². The first-order valence-corrected chi connectivity index (χ1v) is 9.03. The molecule has 1 aliphatic rings. The molecule has 1 aliphatic heterocycles. The third kappa shape index (κ3) is 3.93. The van der Waals surface area contributed by atoms with E-state index in [9.17, 15) is 27.2 Å². The monoisotopic (exact) mass is 433 g/mol. The van der Waals surface area contributed by atoms with Crippen molar-refractivity contribution in [2.24, 2.45) is 0 Å². The first-order valence-electron chi connectivity index (χ1n) is 9.03. The smallest absolute Gasteiger partial charge is 0.327 e. The second-order valence-corrected chi connectivity index (χ2v) is 6.93. The summed E-state index contributed by atoms with van der Waals surface area (Å²) >= 11 is 0. The molecular weight excluding hydrogens is 418 g/mol. The Bertz CT molecular complexity index is 1230. The van der Waals surface area contributed by atoms with Crippen LogP contribution in [-0.2, 0) is 11.0 Å². The quantitative estimate of drug-likeness (QED) is 0.470. The van der Waals surface area contributed by atoms with Crippen LogP contribution in [0.25, 0.3) is 10.9 Å². The summed E-state index contributed by atoms with van der Waals surface area (Å²) in [6, 6.07) is 4.93. The van der Waals surface area contributed by atoms with Crippen molar-refractivity contribution in [3.8, 4) is 0 Å². The number of carbonyl (C=O) groups excluding carboxylic acids is 2. The van der Waals surface area contributed by atoms with Gasteiger partial charge in [-0.3, -0.25) is 9.89 Å². The Kier molecular flexibility index (Phi) is 4.88. The molecule has 1 unspecified atom stereocenters. The molecule has 4 rings (SSSR count). The summed E-state index contributed by atoms with van der Waals surface area (Å²) in [6.07, 6.45) is -3.16. The maximum Gasteiger partial charge on any atom is 0.416 e. The molecule has 0 spiro atoms. The number of anilines is 1. The van der Waals surface area contributed by atoms with Crippen LogP contribution < -0.4 is 16.0 Å². The molecule has 31 heavy (non-hydrogen) atoms. The van der Waals surface area contributed by atoms with E-state index in [0.717, 1.165) is 17.0 Å². The van der Waals surface area contributed by atoms with Gasteiger partial charge in [0.1, 0.15) is 5.82 Å². The lowest BCUT2D eigenvalue weighted by atomic mass is 9.93. The van der Waals surface area contributed by atoms with E-state index in [1.807, 2.05) is 0 Å². The van der Waals surface area contributed by atoms with Crippen molar-refractivity contribution >= 4 is 28.5 Å². The highest BCUT2D eigenvalue weighted by atomic mass is 19.4. The predicted molar refractivity (Wildman–Crippen MR) is 103 cm³/mol. The molecule has 0 aliphatic carbocycles. The Morgan fingerprint density at radius 1 is 1.16 bits per heavy atom. The van der Waals surface area contributed by atoms with Crippen molar-refractivity contribution in [1.29, 1.82) is 0 Å². The van der Waals surface area contributed by atoms with Gasteiger partial charge in [0.2, 0.25) is 0 Å². The molecule has 7 nitrogen and oxygen atoms in total. The topological polar surface area (TPSA) is 98.9 Å². The minimum absolute atomic E-state index is 0.0365. The number of fused-ring (bicyclic) bond motifs is 1. The molecule has 3 aromatic rings. The number of H-pyrrole nitrogens is 1. The van der Waals surface area contributed by atoms with E-state index in [1.54, 1.807) is 24.4 Å². The van der Waals surface area contributed by atoms with E-state index in [4.69, 9.17) is 0 Å². The number of rotatable bonds is 3. The Morgan fingerprint density at radius 2 is 1.94 bits per heavy atom. The number of carbonyl (C=O) groups is 2. The fourth-order valence-corrected chi connectivity index (χ4v) is 3.38. The van der Waals surface area contributed by atoms with Gasteiger partial charge in [-0.2, -0.15) is 18.3 Å². The molecule has 0 saturated carbocycles. The minimum Gasteiger partial charge on any atom is -0.327 e. The van der Waals surface area contributed by atoms with Crippen molar-refractivity contribution < 1.29 is 27.2 Å². The number of halogens is 4. The molecule has 0 bridgehead atoms. The second kappa shape index (κ2) is 7.42. The van der Waals surface area contributed by atoms with Crippen molar-refractivity contribution in [1.82, 2.24) is 20.8 Å². The average Bonchev–Trinajstić information content (AvgIpc) is 3.14. The summed E-state index contributed by atoms with van der Waals surface area (Å²) in [5.41, 5.74) is -0.153. The summed E-state index contributed by atoms with van der Waals surface area (Å²) in [5.74, 6) is -1.85. The molecule has 3 amide bonds. The van der Waals surface area contributed by atoms with Gasteiger partial charge in [0.05, 0.1) is 28.9 Å². The summed E-state index contributed by atoms with van der Waals surface area (Å²) in [5, 5.41) is 14.9. The third-order valence-corrected chi connectivity index (χ3v) is 4.85. The normalized spacial score (nSPS) is 16.8. The van der Waals surface area contributed by atoms with Crippen LogP contribution in [0, 0.1) is 5.82 Å². The minimum atomic E-state index is -4.73. The lowest BCUT2D eigenvalue weighted by molar-refractivity contribution is -0.137. The molecule has 1 aromatic heterocycles. The second-order valence-electron chi connectivity index (χ2n) is 6.93. The molecule has 0 radical (unpaired) electrons. The van der Waals surface area contributed by atoms with Crippen LogP contribution in [0.5, 0.6) is 0 Å². The van der Waals surface area contributed by atoms with Gasteiger partial charge in [-0.05, 0) is 37.3 Å². The first kappa shape index (κ1) is 20.4. The number of aromatic nitrogens is 2. The summed E-state index contributed by atoms with van der Waals surface area (Å²) < 4.78 is 53.2. The number of nitrogens with zero attached hydrogens (tertiary/aromatic N) is 1. The van der Waals surface area contributed by atoms with Gasteiger partial charge in [-0.25, -0.2) is 9.18 Å². The first-order chi connectivity index (χ1) is 14.6. The molecule has 1 atom stereocenters. The van der Waals surface area contributed by atoms with Gasteiger partial charge in [-0.15, -0.1) is 0 Å². The van der Waals surface area contributed by atoms with Crippen LogP contribution in [0.2, 0.25) is 0 Å². The Labute approximate surface area is 172 Å². The van der Waals surface area contributed by atoms with E-state index in [-0.39, 0.29) is 16.8 Å². The van der Waals surface area contributed by atoms with Crippen LogP contribution in [0.15, 0.2) is 53.9 Å². The number of nitrogens with one attached hydrogen (secondary N) is 4. The number of amides is 3. The number of allylic oxidation sites excluding steroid dienone is 1. The van der Waals surface area contributed by atoms with Crippen molar-refractivity contribution in [3.63, 3.8) is 0 Å². The highest BCUT2D eigenvalue weighted by Crippen LogP contribution is 2.34. The predicted octanol–water partition coefficient (Wildman–Crippen LogP) is 3.99. The molecular formula is C20H15F4N5O2. The van der Waals surface area contributed by atoms with E-state index in [2.05, 4.69) is 26.1 Å². The van der Waals surface area contributed by atoms with Crippen LogP contribution in [0.4, 0.5) is 28.0 Å². The van der Waals surface area contributed by atoms with Gasteiger partial charge in [0, 0.05) is 22.3 Å². The van der Waals surface area contributed by atoms with Crippen molar-refractivity contribution in [2.45, 2.75) is 19.1 Å². The molecule has 2 heterocycles. The molecule has 4 N–H and O–H groups in total. The highest BCUT2D eigenvalue weighted by Gasteiger charge is 2.35. The van der Waals surface area contributed by atoms with Gasteiger partial charge in [0.15, 0.2) is 0 Å². The fourth-order valence-electron chi connectivity index (χ4n) is 3.38. The van der Waals surface area contributed by atoms with Crippen LogP contribution in [0.1, 0.15) is 24.1 Å². The maximum atomic E-state index is 14.6. The Hall–Kier alpha value is -3.89. The molecule has 0 fully saturated rings. The molecule has 11 heteroatoms. The fraction of sp³-hybridized carbons (Fsp3) is 0.150. The number of benzene rings is 2. The zero-order valence-corrected chi connectivity index (χ0v) is 15.9. The summed E-state index contributed by atoms with van der Waals surface area (Å²) in [6.45, 7) is 1.45. The largest absolute Gasteiger partial charge is 0.416 e. The van der Waals surface area contributed by atoms with Gasteiger partial charge in [-0.1, -0.05) is 6.07 Å². The van der Waals surface area contributed by atoms with Gasteiger partial charge in [0.25, 0.3) is 5.91 Å². The highest BCUT2D eigenvalue weighted by molar-refractivity contribution is 6.07. The number of alkyl halides is 3. The lowest BCUT2D eigenvalue weighted by Gasteiger charge is -2.29. The molecule has 160 valence electrons. The van der Waals surface area contributed by atoms with Crippen LogP contribution >= 0.6 is 0 Å². The third-order valence-electron chi connectivity index (χ3n) is 4.85. The number of aromatic amines is 1. The van der Waals surface area contributed by atoms with Crippen LogP contribution in [0.3, 0.4) is 0 Å². The summed E-state index contributed by atoms with van der Waals surface area (Å²) in [7, 11) is 0. The lowest BCUT2D eigenvalue weighted by Crippen LogP contribution is -2.46. The summed E-state index contributed by atoms with van der Waals surface area (Å²) in [4.78, 5) is 24.9. The number of urea groups is 1. The standard InChI is InChI=1S/C20H15F4N5O2/c1-9-16(18(30)27-12-3-5-15-10(6-12)8-25-29-15)17(28-19(31)26-9)13-4-2-11(7-14(13)21)20(22,23)24/h2-8,17H,1H3,(H,25,29)(H,27,30)(H2,26,28,31). The van der Waals surface area contributed by atoms with Crippen molar-refractivity contribution in [3.05, 3.63) is 70.8 Å². The number of hydrogen-bond acceptors (Lipinski definition) is 3. The zero-order chi connectivity index (χ0) is 22.3. The zero-order valence-electron chi connectivity index (χ0n) is 15.9.